The summed E-state index contributed by atoms with van der Waals surface area (Å²) in [6.07, 6.45) is -0.0841. The summed E-state index contributed by atoms with van der Waals surface area (Å²) in [6.45, 7) is 7.81. The number of nitrogens with one attached hydrogen (secondary N) is 11. The maximum Gasteiger partial charge on any atom is 0.312 e. The van der Waals surface area contributed by atoms with Gasteiger partial charge in [0, 0.05) is 89.5 Å². The van der Waals surface area contributed by atoms with E-state index in [1.165, 1.54) is 11.8 Å². The van der Waals surface area contributed by atoms with Crippen molar-refractivity contribution in [3.05, 3.63) is 190 Å². The molecule has 12 amide bonds. The lowest BCUT2D eigenvalue weighted by atomic mass is 9.97. The number of primary amides is 2. The molecule has 6 aromatic carbocycles. The van der Waals surface area contributed by atoms with Gasteiger partial charge in [-0.2, -0.15) is 0 Å². The highest BCUT2D eigenvalue weighted by atomic mass is 35.5. The van der Waals surface area contributed by atoms with Gasteiger partial charge in [-0.1, -0.05) is 159 Å². The number of rotatable bonds is 44. The molecule has 33 heteroatoms. The van der Waals surface area contributed by atoms with Gasteiger partial charge in [-0.15, -0.1) is 0 Å². The summed E-state index contributed by atoms with van der Waals surface area (Å²) in [5.41, 5.74) is 21.2. The Morgan fingerprint density at radius 1 is 0.517 bits per heavy atom. The van der Waals surface area contributed by atoms with Crippen LogP contribution >= 0.6 is 11.6 Å². The fourth-order valence-electron chi connectivity index (χ4n) is 13.9. The molecule has 0 bridgehead atoms. The predicted molar refractivity (Wildman–Crippen MR) is 436 cm³/mol. The van der Waals surface area contributed by atoms with Crippen molar-refractivity contribution < 1.29 is 72.8 Å². The summed E-state index contributed by atoms with van der Waals surface area (Å²) in [4.78, 5) is 164. The average molecular weight is 1620 g/mol. The van der Waals surface area contributed by atoms with Crippen LogP contribution in [0.1, 0.15) is 91.8 Å². The molecule has 8 rings (SSSR count). The minimum Gasteiger partial charge on any atom is -0.395 e. The summed E-state index contributed by atoms with van der Waals surface area (Å²) >= 11 is 6.28. The first-order valence-electron chi connectivity index (χ1n) is 39.1. The van der Waals surface area contributed by atoms with Gasteiger partial charge in [-0.3, -0.25) is 63.2 Å². The van der Waals surface area contributed by atoms with Gasteiger partial charge in [-0.25, -0.2) is 4.79 Å². The van der Waals surface area contributed by atoms with Crippen molar-refractivity contribution >= 4 is 93.4 Å². The molecule has 32 nitrogen and oxygen atoms in total. The second kappa shape index (κ2) is 45.8. The van der Waals surface area contributed by atoms with Gasteiger partial charge < -0.3 is 95.3 Å². The number of amides is 12. The number of halogens is 1. The van der Waals surface area contributed by atoms with Crippen molar-refractivity contribution in [3.63, 3.8) is 0 Å². The number of aliphatic hydroxyl groups is 3. The number of urea groups is 1. The number of guanidine groups is 1. The highest BCUT2D eigenvalue weighted by molar-refractivity contribution is 6.30. The Morgan fingerprint density at radius 3 is 1.49 bits per heavy atom. The van der Waals surface area contributed by atoms with E-state index in [-0.39, 0.29) is 109 Å². The fourth-order valence-corrected chi connectivity index (χ4v) is 14.1. The molecule has 2 aliphatic heterocycles. The molecule has 10 atom stereocenters. The summed E-state index contributed by atoms with van der Waals surface area (Å²) in [5, 5.41) is 67.6. The zero-order chi connectivity index (χ0) is 83.8. The quantitative estimate of drug-likeness (QED) is 0.0139. The maximum absolute atomic E-state index is 15.6. The number of morpholine rings is 1. The second-order valence-corrected chi connectivity index (χ2v) is 30.1. The standard InChI is InChI=1S/C83H110ClN17O15/c1-51(2)42-64(73(106)91-63(18-10-32-89-82(86)87)81(114)101-33-11-19-71(101)80(113)90-52(3)72(85)105)92-74(107)66(44-54-20-24-57(25-21-54)48-99(34-38-102)35-39-103)94-76(109)68(45-55-22-26-58(27-23-55)49-100-36-40-116-41-37-100)96-79(112)70(50-104)97-77(110)65(43-53-12-5-4-6-13-53)93-75(108)67(46-56-28-30-61(84)31-29-56)95-78(111)69(98-83(88)115)47-60-16-9-15-59-14-7-8-17-62(59)60/h4-9,12-17,20-31,51-52,63-71,102-104H,10-11,18-19,32-50H2,1-3H3,(H2,85,105)(H,90,113)(H,91,106)(H,92,107)(H,93,108)(H,94,109)(H,95,111)(H,96,112)(H,97,110)(H4,86,87,89)(H3,88,98,115)/t52-,63+,64+,65-,66-,67-,68+,69-,70+,71+/m1/s1. The summed E-state index contributed by atoms with van der Waals surface area (Å²) < 4.78 is 5.56. The molecule has 0 spiro atoms. The highest BCUT2D eigenvalue weighted by Gasteiger charge is 2.41. The largest absolute Gasteiger partial charge is 0.395 e. The SMILES string of the molecule is CC(C)C[C@H](NC(=O)[C@@H](Cc1ccc(CN(CCO)CCO)cc1)NC(=O)[C@H](Cc1ccc(CN2CCOCC2)cc1)NC(=O)[C@H](CO)NC(=O)[C@@H](Cc1ccccc1)NC(=O)[C@@H](Cc1ccc(Cl)cc1)NC(=O)[C@@H](Cc1cccc2ccccc12)NC(N)=O)C(=O)N[C@@H](CCCNC(=N)N)C(=O)N1CCC[C@H]1C(=O)N[C@H](C)C(N)=O. The van der Waals surface area contributed by atoms with Crippen LogP contribution in [0.15, 0.2) is 146 Å². The number of aliphatic hydroxyl groups excluding tert-OH is 3. The van der Waals surface area contributed by atoms with Gasteiger partial charge >= 0.3 is 6.03 Å². The average Bonchev–Trinajstić information content (AvgIpc) is 1.48. The zero-order valence-electron chi connectivity index (χ0n) is 65.7. The van der Waals surface area contributed by atoms with Crippen molar-refractivity contribution in [1.29, 1.82) is 5.41 Å². The number of benzene rings is 6. The second-order valence-electron chi connectivity index (χ2n) is 29.6. The van der Waals surface area contributed by atoms with Crippen LogP contribution in [0.2, 0.25) is 5.02 Å². The van der Waals surface area contributed by atoms with Crippen molar-refractivity contribution in [1.82, 2.24) is 67.9 Å². The molecule has 0 radical (unpaired) electrons. The van der Waals surface area contributed by atoms with Gasteiger partial charge in [0.15, 0.2) is 5.96 Å². The Kier molecular flexibility index (Phi) is 35.7. The molecule has 2 fully saturated rings. The highest BCUT2D eigenvalue weighted by Crippen LogP contribution is 2.24. The van der Waals surface area contributed by atoms with E-state index in [0.29, 0.717) is 78.7 Å². The number of nitrogens with two attached hydrogens (primary N) is 3. The van der Waals surface area contributed by atoms with Crippen LogP contribution in [0, 0.1) is 11.3 Å². The number of likely N-dealkylation sites (tertiary alicyclic amines) is 1. The lowest BCUT2D eigenvalue weighted by Gasteiger charge is -2.31. The Balaban J connectivity index is 1.10. The third kappa shape index (κ3) is 28.7. The number of hydrogen-bond donors (Lipinski definition) is 17. The van der Waals surface area contributed by atoms with Gasteiger partial charge in [0.2, 0.25) is 59.1 Å². The van der Waals surface area contributed by atoms with Gasteiger partial charge in [0.25, 0.3) is 0 Å². The number of hydrogen-bond acceptors (Lipinski definition) is 18. The Morgan fingerprint density at radius 2 is 0.974 bits per heavy atom. The Hall–Kier alpha value is -11.1. The molecule has 2 heterocycles. The molecule has 624 valence electrons. The van der Waals surface area contributed by atoms with E-state index in [2.05, 4.69) is 58.1 Å². The third-order valence-electron chi connectivity index (χ3n) is 20.2. The lowest BCUT2D eigenvalue weighted by Crippen LogP contribution is -2.62. The van der Waals surface area contributed by atoms with Crippen LogP contribution in [0.3, 0.4) is 0 Å². The van der Waals surface area contributed by atoms with E-state index in [1.54, 1.807) is 117 Å². The number of carbonyl (C=O) groups excluding carboxylic acids is 11. The number of ether oxygens (including phenoxy) is 1. The van der Waals surface area contributed by atoms with Gasteiger partial charge in [0.05, 0.1) is 33.0 Å². The van der Waals surface area contributed by atoms with Crippen molar-refractivity contribution in [3.8, 4) is 0 Å². The number of carbonyl (C=O) groups is 11. The molecule has 0 aliphatic carbocycles. The molecule has 6 aromatic rings. The smallest absolute Gasteiger partial charge is 0.312 e. The Bertz CT molecular complexity index is 4280. The van der Waals surface area contributed by atoms with Crippen molar-refractivity contribution in [2.45, 2.75) is 158 Å². The monoisotopic (exact) mass is 1620 g/mol. The summed E-state index contributed by atoms with van der Waals surface area (Å²) in [5.74, 6) is -9.03. The normalized spacial score (nSPS) is 15.9. The summed E-state index contributed by atoms with van der Waals surface area (Å²) in [7, 11) is 0. The zero-order valence-corrected chi connectivity index (χ0v) is 66.4. The van der Waals surface area contributed by atoms with E-state index in [1.807, 2.05) is 47.4 Å². The van der Waals surface area contributed by atoms with Gasteiger partial charge in [0.1, 0.15) is 60.4 Å². The third-order valence-corrected chi connectivity index (χ3v) is 20.4. The molecule has 2 saturated heterocycles. The number of fused-ring (bicyclic) bond motifs is 1. The topological polar surface area (TPSA) is 490 Å². The summed E-state index contributed by atoms with van der Waals surface area (Å²) in [6, 6.07) is 27.2. The fraction of sp³-hybridized carbons (Fsp3) is 0.446. The van der Waals surface area contributed by atoms with Crippen LogP contribution < -0.4 is 70.4 Å². The van der Waals surface area contributed by atoms with Crippen LogP contribution in [-0.2, 0) is 97.9 Å². The van der Waals surface area contributed by atoms with Crippen molar-refractivity contribution in [2.24, 2.45) is 23.1 Å². The maximum atomic E-state index is 15.6. The van der Waals surface area contributed by atoms with Crippen molar-refractivity contribution in [2.75, 3.05) is 72.3 Å². The van der Waals surface area contributed by atoms with E-state index in [4.69, 9.17) is 38.9 Å². The molecule has 116 heavy (non-hydrogen) atoms. The van der Waals surface area contributed by atoms with Crippen LogP contribution in [0.25, 0.3) is 10.8 Å². The molecular weight excluding hydrogens is 1510 g/mol. The van der Waals surface area contributed by atoms with E-state index >= 15 is 24.0 Å². The molecular formula is C83H110ClN17O15. The first-order chi connectivity index (χ1) is 55.7. The van der Waals surface area contributed by atoms with E-state index < -0.39 is 132 Å². The molecule has 0 unspecified atom stereocenters. The van der Waals surface area contributed by atoms with Crippen LogP contribution in [-0.4, -0.2) is 234 Å². The Labute approximate surface area is 679 Å². The molecule has 0 aromatic heterocycles. The van der Waals surface area contributed by atoms with E-state index in [0.717, 1.165) is 21.9 Å². The number of nitrogens with zero attached hydrogens (tertiary/aromatic N) is 3. The van der Waals surface area contributed by atoms with Crippen LogP contribution in [0.5, 0.6) is 0 Å². The minimum absolute atomic E-state index is 0.00763. The lowest BCUT2D eigenvalue weighted by molar-refractivity contribution is -0.142. The van der Waals surface area contributed by atoms with E-state index in [9.17, 15) is 44.1 Å². The first-order valence-corrected chi connectivity index (χ1v) is 39.5. The minimum atomic E-state index is -1.83. The predicted octanol–water partition coefficient (Wildman–Crippen LogP) is 0.338. The molecule has 0 saturated carbocycles. The molecule has 20 N–H and O–H groups in total. The van der Waals surface area contributed by atoms with Crippen LogP contribution in [0.4, 0.5) is 4.79 Å². The molecule has 2 aliphatic rings. The van der Waals surface area contributed by atoms with Gasteiger partial charge in [-0.05, 0) is 107 Å². The first kappa shape index (κ1) is 90.4.